The number of benzene rings is 1. The molecular formula is C20H31NO5. The molecule has 0 aromatic heterocycles. The van der Waals surface area contributed by atoms with Crippen molar-refractivity contribution < 1.29 is 24.2 Å². The Morgan fingerprint density at radius 3 is 2.54 bits per heavy atom. The maximum absolute atomic E-state index is 11.8. The molecule has 1 aromatic carbocycles. The minimum atomic E-state index is -1.11. The highest BCUT2D eigenvalue weighted by Gasteiger charge is 2.24. The first-order valence-corrected chi connectivity index (χ1v) is 9.15. The van der Waals surface area contributed by atoms with Crippen molar-refractivity contribution in [3.63, 3.8) is 0 Å². The molecule has 1 aromatic rings. The van der Waals surface area contributed by atoms with Gasteiger partial charge in [-0.25, -0.2) is 9.59 Å². The van der Waals surface area contributed by atoms with Crippen LogP contribution in [0.15, 0.2) is 24.3 Å². The first kappa shape index (κ1) is 21.8. The minimum Gasteiger partial charge on any atom is -0.494 e. The molecule has 1 unspecified atom stereocenters. The van der Waals surface area contributed by atoms with Crippen molar-refractivity contribution in [1.82, 2.24) is 5.32 Å². The predicted molar refractivity (Wildman–Crippen MR) is 101 cm³/mol. The van der Waals surface area contributed by atoms with Crippen LogP contribution in [0.1, 0.15) is 58.9 Å². The number of rotatable bonds is 10. The van der Waals surface area contributed by atoms with Crippen LogP contribution in [0.4, 0.5) is 4.79 Å². The largest absolute Gasteiger partial charge is 0.494 e. The number of carbonyl (C=O) groups is 2. The summed E-state index contributed by atoms with van der Waals surface area (Å²) in [5.74, 6) is -0.401. The van der Waals surface area contributed by atoms with E-state index in [2.05, 4.69) is 12.2 Å². The Kier molecular flexibility index (Phi) is 8.96. The zero-order valence-electron chi connectivity index (χ0n) is 16.2. The van der Waals surface area contributed by atoms with Crippen LogP contribution in [0.25, 0.3) is 0 Å². The number of hydrogen-bond acceptors (Lipinski definition) is 4. The van der Waals surface area contributed by atoms with Crippen molar-refractivity contribution in [3.05, 3.63) is 29.8 Å². The molecule has 26 heavy (non-hydrogen) atoms. The average Bonchev–Trinajstić information content (AvgIpc) is 2.52. The van der Waals surface area contributed by atoms with Crippen molar-refractivity contribution in [2.45, 2.75) is 71.4 Å². The normalized spacial score (nSPS) is 12.3. The van der Waals surface area contributed by atoms with Gasteiger partial charge in [0.1, 0.15) is 17.4 Å². The molecule has 0 aliphatic heterocycles. The zero-order chi connectivity index (χ0) is 19.6. The van der Waals surface area contributed by atoms with Crippen LogP contribution in [0.2, 0.25) is 0 Å². The topological polar surface area (TPSA) is 84.9 Å². The fourth-order valence-corrected chi connectivity index (χ4v) is 2.37. The standard InChI is InChI=1S/C20H31NO5/c1-5-6-7-8-12-25-16-11-9-10-15(13-16)14-17(18(22)23)21-19(24)26-20(2,3)4/h9-11,13,17H,5-8,12,14H2,1-4H3,(H,21,24)(H,22,23). The van der Waals surface area contributed by atoms with E-state index in [1.165, 1.54) is 12.8 Å². The van der Waals surface area contributed by atoms with Gasteiger partial charge in [0.05, 0.1) is 6.61 Å². The van der Waals surface area contributed by atoms with Gasteiger partial charge in [0.25, 0.3) is 0 Å². The lowest BCUT2D eigenvalue weighted by Crippen LogP contribution is -2.44. The van der Waals surface area contributed by atoms with Crippen molar-refractivity contribution >= 4 is 12.1 Å². The summed E-state index contributed by atoms with van der Waals surface area (Å²) in [6.45, 7) is 7.98. The molecule has 0 heterocycles. The number of carboxylic acid groups (broad SMARTS) is 1. The fraction of sp³-hybridized carbons (Fsp3) is 0.600. The Balaban J connectivity index is 2.61. The second kappa shape index (κ2) is 10.7. The predicted octanol–water partition coefficient (Wildman–Crippen LogP) is 4.17. The molecule has 2 N–H and O–H groups in total. The Morgan fingerprint density at radius 2 is 1.92 bits per heavy atom. The lowest BCUT2D eigenvalue weighted by molar-refractivity contribution is -0.139. The van der Waals surface area contributed by atoms with Crippen molar-refractivity contribution in [2.75, 3.05) is 6.61 Å². The summed E-state index contributed by atoms with van der Waals surface area (Å²) in [6, 6.07) is 6.23. The van der Waals surface area contributed by atoms with Crippen LogP contribution in [-0.2, 0) is 16.0 Å². The summed E-state index contributed by atoms with van der Waals surface area (Å²) in [4.78, 5) is 23.3. The molecule has 146 valence electrons. The Morgan fingerprint density at radius 1 is 1.19 bits per heavy atom. The van der Waals surface area contributed by atoms with Gasteiger partial charge in [-0.05, 0) is 44.9 Å². The van der Waals surface area contributed by atoms with Crippen LogP contribution in [0.3, 0.4) is 0 Å². The Labute approximate surface area is 155 Å². The van der Waals surface area contributed by atoms with E-state index >= 15 is 0 Å². The number of carbonyl (C=O) groups excluding carboxylic acids is 1. The van der Waals surface area contributed by atoms with E-state index in [0.29, 0.717) is 12.4 Å². The van der Waals surface area contributed by atoms with Gasteiger partial charge in [-0.3, -0.25) is 0 Å². The molecule has 0 saturated heterocycles. The first-order chi connectivity index (χ1) is 12.2. The second-order valence-corrected chi connectivity index (χ2v) is 7.30. The molecule has 0 aliphatic carbocycles. The van der Waals surface area contributed by atoms with Gasteiger partial charge in [-0.2, -0.15) is 0 Å². The Hall–Kier alpha value is -2.24. The van der Waals surface area contributed by atoms with Crippen molar-refractivity contribution in [2.24, 2.45) is 0 Å². The molecule has 1 amide bonds. The quantitative estimate of drug-likeness (QED) is 0.608. The molecule has 6 heteroatoms. The number of nitrogens with one attached hydrogen (secondary N) is 1. The maximum atomic E-state index is 11.8. The van der Waals surface area contributed by atoms with Crippen molar-refractivity contribution in [3.8, 4) is 5.75 Å². The van der Waals surface area contributed by atoms with Crippen LogP contribution in [-0.4, -0.2) is 35.4 Å². The average molecular weight is 365 g/mol. The van der Waals surface area contributed by atoms with E-state index in [9.17, 15) is 14.7 Å². The van der Waals surface area contributed by atoms with E-state index in [4.69, 9.17) is 9.47 Å². The van der Waals surface area contributed by atoms with Crippen LogP contribution < -0.4 is 10.1 Å². The number of aliphatic carboxylic acids is 1. The van der Waals surface area contributed by atoms with Crippen LogP contribution in [0.5, 0.6) is 5.75 Å². The molecule has 1 rings (SSSR count). The number of hydrogen-bond donors (Lipinski definition) is 2. The number of amides is 1. The first-order valence-electron chi connectivity index (χ1n) is 9.15. The van der Waals surface area contributed by atoms with Gasteiger partial charge in [-0.1, -0.05) is 38.3 Å². The SMILES string of the molecule is CCCCCCOc1cccc(CC(NC(=O)OC(C)(C)C)C(=O)O)c1. The summed E-state index contributed by atoms with van der Waals surface area (Å²) in [5, 5.41) is 11.8. The number of ether oxygens (including phenoxy) is 2. The molecule has 0 radical (unpaired) electrons. The minimum absolute atomic E-state index is 0.154. The van der Waals surface area contributed by atoms with E-state index in [0.717, 1.165) is 18.4 Å². The third kappa shape index (κ3) is 9.30. The molecule has 0 saturated carbocycles. The van der Waals surface area contributed by atoms with E-state index in [-0.39, 0.29) is 6.42 Å². The van der Waals surface area contributed by atoms with Gasteiger partial charge in [0, 0.05) is 6.42 Å². The molecule has 0 spiro atoms. The molecule has 0 bridgehead atoms. The highest BCUT2D eigenvalue weighted by molar-refractivity contribution is 5.80. The van der Waals surface area contributed by atoms with E-state index in [1.54, 1.807) is 20.8 Å². The summed E-state index contributed by atoms with van der Waals surface area (Å²) in [5.41, 5.74) is 0.0955. The van der Waals surface area contributed by atoms with Gasteiger partial charge >= 0.3 is 12.1 Å². The van der Waals surface area contributed by atoms with Crippen molar-refractivity contribution in [1.29, 1.82) is 0 Å². The molecular weight excluding hydrogens is 334 g/mol. The number of unbranched alkanes of at least 4 members (excludes halogenated alkanes) is 3. The molecule has 0 aliphatic rings. The zero-order valence-corrected chi connectivity index (χ0v) is 16.2. The lowest BCUT2D eigenvalue weighted by Gasteiger charge is -2.22. The highest BCUT2D eigenvalue weighted by atomic mass is 16.6. The van der Waals surface area contributed by atoms with Crippen LogP contribution in [0, 0.1) is 0 Å². The highest BCUT2D eigenvalue weighted by Crippen LogP contribution is 2.16. The van der Waals surface area contributed by atoms with E-state index in [1.807, 2.05) is 24.3 Å². The molecule has 6 nitrogen and oxygen atoms in total. The maximum Gasteiger partial charge on any atom is 0.408 e. The van der Waals surface area contributed by atoms with Gasteiger partial charge in [0.2, 0.25) is 0 Å². The fourth-order valence-electron chi connectivity index (χ4n) is 2.37. The smallest absolute Gasteiger partial charge is 0.408 e. The summed E-state index contributed by atoms with van der Waals surface area (Å²) in [6.07, 6.45) is 3.92. The van der Waals surface area contributed by atoms with E-state index < -0.39 is 23.7 Å². The number of carboxylic acids is 1. The third-order valence-electron chi connectivity index (χ3n) is 3.59. The summed E-state index contributed by atoms with van der Waals surface area (Å²) in [7, 11) is 0. The summed E-state index contributed by atoms with van der Waals surface area (Å²) < 4.78 is 10.8. The molecule has 1 atom stereocenters. The lowest BCUT2D eigenvalue weighted by atomic mass is 10.1. The number of alkyl carbamates (subject to hydrolysis) is 1. The van der Waals surface area contributed by atoms with Gasteiger partial charge in [0.15, 0.2) is 0 Å². The second-order valence-electron chi connectivity index (χ2n) is 7.30. The van der Waals surface area contributed by atoms with Gasteiger partial charge in [-0.15, -0.1) is 0 Å². The molecule has 0 fully saturated rings. The van der Waals surface area contributed by atoms with Crippen LogP contribution >= 0.6 is 0 Å². The monoisotopic (exact) mass is 365 g/mol. The van der Waals surface area contributed by atoms with Gasteiger partial charge < -0.3 is 19.9 Å². The third-order valence-corrected chi connectivity index (χ3v) is 3.59. The summed E-state index contributed by atoms with van der Waals surface area (Å²) >= 11 is 0. The Bertz CT molecular complexity index is 580.